The molecule has 4 heterocycles. The Bertz CT molecular complexity index is 1340. The van der Waals surface area contributed by atoms with Crippen LogP contribution in [-0.2, 0) is 0 Å². The summed E-state index contributed by atoms with van der Waals surface area (Å²) in [5.41, 5.74) is 5.69. The SMILES string of the molecule is CC(Nc1cc(-c2cc(N3C[C@@H]4C[C@H]3CN4C(C)C)c3ccccc3n2)ccn1)c1ccccc1. The van der Waals surface area contributed by atoms with Gasteiger partial charge in [0.2, 0.25) is 0 Å². The fourth-order valence-corrected chi connectivity index (χ4v) is 5.88. The average molecular weight is 464 g/mol. The van der Waals surface area contributed by atoms with Crippen LogP contribution in [0.2, 0.25) is 0 Å². The number of para-hydroxylation sites is 1. The van der Waals surface area contributed by atoms with Crippen LogP contribution in [0.15, 0.2) is 79.0 Å². The smallest absolute Gasteiger partial charge is 0.127 e. The van der Waals surface area contributed by atoms with Crippen LogP contribution in [-0.4, -0.2) is 46.1 Å². The molecule has 6 rings (SSSR count). The van der Waals surface area contributed by atoms with Gasteiger partial charge in [-0.25, -0.2) is 9.97 Å². The molecule has 35 heavy (non-hydrogen) atoms. The van der Waals surface area contributed by atoms with Gasteiger partial charge in [0.25, 0.3) is 0 Å². The van der Waals surface area contributed by atoms with Crippen molar-refractivity contribution in [1.82, 2.24) is 14.9 Å². The molecule has 5 heteroatoms. The number of nitrogens with one attached hydrogen (secondary N) is 1. The number of rotatable bonds is 6. The molecule has 1 N–H and O–H groups in total. The average Bonchev–Trinajstić information content (AvgIpc) is 3.50. The summed E-state index contributed by atoms with van der Waals surface area (Å²) in [6.45, 7) is 9.04. The Kier molecular flexibility index (Phi) is 5.65. The number of fused-ring (bicyclic) bond motifs is 3. The Morgan fingerprint density at radius 3 is 2.46 bits per heavy atom. The van der Waals surface area contributed by atoms with Crippen molar-refractivity contribution in [2.45, 2.75) is 51.4 Å². The van der Waals surface area contributed by atoms with E-state index in [4.69, 9.17) is 4.98 Å². The Hall–Kier alpha value is -3.44. The van der Waals surface area contributed by atoms with Crippen LogP contribution >= 0.6 is 0 Å². The van der Waals surface area contributed by atoms with Gasteiger partial charge in [0, 0.05) is 60.1 Å². The molecule has 2 bridgehead atoms. The Morgan fingerprint density at radius 2 is 1.69 bits per heavy atom. The molecule has 1 unspecified atom stereocenters. The van der Waals surface area contributed by atoms with E-state index in [1.54, 1.807) is 0 Å². The molecule has 2 saturated heterocycles. The Labute approximate surface area is 207 Å². The van der Waals surface area contributed by atoms with Crippen molar-refractivity contribution in [3.8, 4) is 11.3 Å². The molecular formula is C30H33N5. The monoisotopic (exact) mass is 463 g/mol. The maximum absolute atomic E-state index is 5.07. The van der Waals surface area contributed by atoms with E-state index < -0.39 is 0 Å². The predicted octanol–water partition coefficient (Wildman–Crippen LogP) is 6.14. The largest absolute Gasteiger partial charge is 0.365 e. The normalized spacial score (nSPS) is 20.6. The fourth-order valence-electron chi connectivity index (χ4n) is 5.88. The van der Waals surface area contributed by atoms with E-state index in [1.807, 2.05) is 12.3 Å². The van der Waals surface area contributed by atoms with Crippen molar-refractivity contribution in [1.29, 1.82) is 0 Å². The van der Waals surface area contributed by atoms with Crippen LogP contribution in [0, 0.1) is 0 Å². The molecule has 2 fully saturated rings. The van der Waals surface area contributed by atoms with E-state index in [-0.39, 0.29) is 6.04 Å². The minimum absolute atomic E-state index is 0.170. The summed E-state index contributed by atoms with van der Waals surface area (Å²) in [5, 5.41) is 4.80. The Balaban J connectivity index is 1.34. The third kappa shape index (κ3) is 4.14. The molecular weight excluding hydrogens is 430 g/mol. The first-order chi connectivity index (χ1) is 17.1. The third-order valence-electron chi connectivity index (χ3n) is 7.67. The van der Waals surface area contributed by atoms with Gasteiger partial charge < -0.3 is 10.2 Å². The van der Waals surface area contributed by atoms with Gasteiger partial charge in [-0.1, -0.05) is 48.5 Å². The number of nitrogens with zero attached hydrogens (tertiary/aromatic N) is 4. The maximum Gasteiger partial charge on any atom is 0.127 e. The summed E-state index contributed by atoms with van der Waals surface area (Å²) >= 11 is 0. The lowest BCUT2D eigenvalue weighted by Crippen LogP contribution is -2.49. The van der Waals surface area contributed by atoms with E-state index in [9.17, 15) is 0 Å². The summed E-state index contributed by atoms with van der Waals surface area (Å²) in [7, 11) is 0. The summed E-state index contributed by atoms with van der Waals surface area (Å²) in [6.07, 6.45) is 3.13. The van der Waals surface area contributed by atoms with Crippen molar-refractivity contribution in [3.05, 3.63) is 84.6 Å². The van der Waals surface area contributed by atoms with E-state index in [0.29, 0.717) is 18.1 Å². The van der Waals surface area contributed by atoms with Crippen molar-refractivity contribution < 1.29 is 0 Å². The lowest BCUT2D eigenvalue weighted by atomic mass is 10.1. The van der Waals surface area contributed by atoms with Crippen LogP contribution in [0.1, 0.15) is 38.8 Å². The van der Waals surface area contributed by atoms with E-state index in [2.05, 4.69) is 108 Å². The third-order valence-corrected chi connectivity index (χ3v) is 7.67. The number of aromatic nitrogens is 2. The minimum Gasteiger partial charge on any atom is -0.365 e. The van der Waals surface area contributed by atoms with E-state index in [1.165, 1.54) is 23.1 Å². The van der Waals surface area contributed by atoms with Crippen LogP contribution in [0.25, 0.3) is 22.2 Å². The molecule has 0 aliphatic carbocycles. The van der Waals surface area contributed by atoms with Crippen LogP contribution < -0.4 is 10.2 Å². The standard InChI is InChI=1S/C30H33N5/c1-20(2)34-18-25-16-24(34)19-35(25)29-17-28(33-27-12-8-7-11-26(27)29)23-13-14-31-30(15-23)32-21(3)22-9-5-4-6-10-22/h4-15,17,20-21,24-25H,16,18-19H2,1-3H3,(H,31,32)/t21?,24-,25-/m0/s1. The number of pyridine rings is 2. The summed E-state index contributed by atoms with van der Waals surface area (Å²) < 4.78 is 0. The fraction of sp³-hybridized carbons (Fsp3) is 0.333. The molecule has 0 amide bonds. The first kappa shape index (κ1) is 22.1. The second-order valence-electron chi connectivity index (χ2n) is 10.2. The Morgan fingerprint density at radius 1 is 0.886 bits per heavy atom. The highest BCUT2D eigenvalue weighted by molar-refractivity contribution is 5.94. The number of likely N-dealkylation sites (tertiary alicyclic amines) is 1. The highest BCUT2D eigenvalue weighted by Crippen LogP contribution is 2.40. The number of hydrogen-bond donors (Lipinski definition) is 1. The first-order valence-electron chi connectivity index (χ1n) is 12.8. The van der Waals surface area contributed by atoms with Crippen LogP contribution in [0.5, 0.6) is 0 Å². The lowest BCUT2D eigenvalue weighted by Gasteiger charge is -2.38. The molecule has 0 spiro atoms. The highest BCUT2D eigenvalue weighted by atomic mass is 15.4. The van der Waals surface area contributed by atoms with Gasteiger partial charge in [-0.05, 0) is 57.0 Å². The van der Waals surface area contributed by atoms with Gasteiger partial charge in [0.05, 0.1) is 11.2 Å². The van der Waals surface area contributed by atoms with Gasteiger partial charge in [0.15, 0.2) is 0 Å². The molecule has 2 aliphatic rings. The quantitative estimate of drug-likeness (QED) is 0.372. The number of benzene rings is 2. The van der Waals surface area contributed by atoms with Crippen LogP contribution in [0.4, 0.5) is 11.5 Å². The highest BCUT2D eigenvalue weighted by Gasteiger charge is 2.44. The second kappa shape index (κ2) is 8.97. The molecule has 4 aromatic rings. The second-order valence-corrected chi connectivity index (χ2v) is 10.2. The zero-order valence-electron chi connectivity index (χ0n) is 20.7. The lowest BCUT2D eigenvalue weighted by molar-refractivity contribution is 0.191. The summed E-state index contributed by atoms with van der Waals surface area (Å²) in [5.74, 6) is 0.864. The zero-order chi connectivity index (χ0) is 23.9. The van der Waals surface area contributed by atoms with Gasteiger partial charge in [0.1, 0.15) is 5.82 Å². The topological polar surface area (TPSA) is 44.3 Å². The molecule has 5 nitrogen and oxygen atoms in total. The van der Waals surface area contributed by atoms with E-state index in [0.717, 1.165) is 35.7 Å². The first-order valence-corrected chi connectivity index (χ1v) is 12.8. The molecule has 0 saturated carbocycles. The number of hydrogen-bond acceptors (Lipinski definition) is 5. The number of anilines is 2. The van der Waals surface area contributed by atoms with Crippen molar-refractivity contribution in [2.24, 2.45) is 0 Å². The van der Waals surface area contributed by atoms with Crippen molar-refractivity contribution in [3.63, 3.8) is 0 Å². The summed E-state index contributed by atoms with van der Waals surface area (Å²) in [6, 6.07) is 27.5. The van der Waals surface area contributed by atoms with Crippen molar-refractivity contribution in [2.75, 3.05) is 23.3 Å². The van der Waals surface area contributed by atoms with Gasteiger partial charge in [-0.2, -0.15) is 0 Å². The minimum atomic E-state index is 0.170. The van der Waals surface area contributed by atoms with Crippen LogP contribution in [0.3, 0.4) is 0 Å². The molecule has 3 atom stereocenters. The molecule has 178 valence electrons. The van der Waals surface area contributed by atoms with Gasteiger partial charge in [-0.15, -0.1) is 0 Å². The molecule has 2 aliphatic heterocycles. The van der Waals surface area contributed by atoms with Gasteiger partial charge in [-0.3, -0.25) is 4.90 Å². The summed E-state index contributed by atoms with van der Waals surface area (Å²) in [4.78, 5) is 15.0. The molecule has 2 aromatic carbocycles. The number of piperazine rings is 1. The molecule has 2 aromatic heterocycles. The van der Waals surface area contributed by atoms with Gasteiger partial charge >= 0.3 is 0 Å². The van der Waals surface area contributed by atoms with E-state index >= 15 is 0 Å². The zero-order valence-corrected chi connectivity index (χ0v) is 20.7. The van der Waals surface area contributed by atoms with Crippen molar-refractivity contribution >= 4 is 22.4 Å². The predicted molar refractivity (Wildman–Crippen MR) is 145 cm³/mol. The molecule has 0 radical (unpaired) electrons. The maximum atomic E-state index is 5.07.